The maximum absolute atomic E-state index is 13.0. The van der Waals surface area contributed by atoms with E-state index < -0.39 is 10.0 Å². The zero-order valence-corrected chi connectivity index (χ0v) is 22.4. The van der Waals surface area contributed by atoms with Crippen molar-refractivity contribution in [3.8, 4) is 0 Å². The largest absolute Gasteiger partial charge is 0.381 e. The molecular formula is C26H44N4O3S. The summed E-state index contributed by atoms with van der Waals surface area (Å²) in [7, 11) is -1.35. The summed E-state index contributed by atoms with van der Waals surface area (Å²) in [6.45, 7) is 11.6. The highest BCUT2D eigenvalue weighted by Crippen LogP contribution is 2.39. The van der Waals surface area contributed by atoms with Gasteiger partial charge in [-0.25, -0.2) is 18.1 Å². The Bertz CT molecular complexity index is 889. The molecule has 1 N–H and O–H groups in total. The lowest BCUT2D eigenvalue weighted by Crippen LogP contribution is -2.43. The van der Waals surface area contributed by atoms with Crippen molar-refractivity contribution >= 4 is 15.8 Å². The second-order valence-electron chi connectivity index (χ2n) is 12.1. The fourth-order valence-electron chi connectivity index (χ4n) is 5.59. The summed E-state index contributed by atoms with van der Waals surface area (Å²) in [6, 6.07) is 4.12. The van der Waals surface area contributed by atoms with Crippen LogP contribution in [0.2, 0.25) is 0 Å². The predicted octanol–water partition coefficient (Wildman–Crippen LogP) is 4.05. The Morgan fingerprint density at radius 3 is 2.41 bits per heavy atom. The Morgan fingerprint density at radius 2 is 1.85 bits per heavy atom. The summed E-state index contributed by atoms with van der Waals surface area (Å²) < 4.78 is 34.6. The highest BCUT2D eigenvalue weighted by atomic mass is 32.2. The van der Waals surface area contributed by atoms with Crippen LogP contribution < -0.4 is 9.62 Å². The van der Waals surface area contributed by atoms with Gasteiger partial charge in [0.15, 0.2) is 0 Å². The second-order valence-corrected chi connectivity index (χ2v) is 13.8. The fraction of sp³-hybridized carbons (Fsp3) is 0.808. The smallest absolute Gasteiger partial charge is 0.242 e. The molecule has 0 aromatic carbocycles. The van der Waals surface area contributed by atoms with Crippen molar-refractivity contribution in [1.82, 2.24) is 14.6 Å². The molecule has 3 aliphatic rings. The predicted molar refractivity (Wildman–Crippen MR) is 137 cm³/mol. The second kappa shape index (κ2) is 10.4. The van der Waals surface area contributed by atoms with Gasteiger partial charge in [-0.05, 0) is 87.9 Å². The molecular weight excluding hydrogens is 448 g/mol. The number of sulfonamides is 1. The molecule has 0 atom stereocenters. The SMILES string of the molecule is CN(CCC(C)(C)C)C1CCC(NS(=O)(=O)c2ccc(N3CCC4(CCOC4)CC3)nc2)CC1. The van der Waals surface area contributed by atoms with Gasteiger partial charge in [-0.15, -0.1) is 0 Å². The van der Waals surface area contributed by atoms with E-state index in [1.807, 2.05) is 6.07 Å². The van der Waals surface area contributed by atoms with Crippen LogP contribution in [0.5, 0.6) is 0 Å². The van der Waals surface area contributed by atoms with Crippen LogP contribution in [0.25, 0.3) is 0 Å². The normalized spacial score (nSPS) is 25.9. The molecule has 3 heterocycles. The number of anilines is 1. The van der Waals surface area contributed by atoms with E-state index in [9.17, 15) is 8.42 Å². The van der Waals surface area contributed by atoms with E-state index in [2.05, 4.69) is 47.3 Å². The summed E-state index contributed by atoms with van der Waals surface area (Å²) in [4.78, 5) is 9.51. The quantitative estimate of drug-likeness (QED) is 0.619. The van der Waals surface area contributed by atoms with Crippen molar-refractivity contribution in [1.29, 1.82) is 0 Å². The van der Waals surface area contributed by atoms with Crippen LogP contribution in [0.4, 0.5) is 5.82 Å². The summed E-state index contributed by atoms with van der Waals surface area (Å²) in [5.41, 5.74) is 0.690. The minimum Gasteiger partial charge on any atom is -0.381 e. The zero-order valence-electron chi connectivity index (χ0n) is 21.6. The Hall–Kier alpha value is -1.22. The Morgan fingerprint density at radius 1 is 1.15 bits per heavy atom. The van der Waals surface area contributed by atoms with Crippen LogP contribution in [0.3, 0.4) is 0 Å². The van der Waals surface area contributed by atoms with Gasteiger partial charge in [-0.2, -0.15) is 0 Å². The Labute approximate surface area is 206 Å². The van der Waals surface area contributed by atoms with Gasteiger partial charge in [0, 0.05) is 38.0 Å². The maximum Gasteiger partial charge on any atom is 0.242 e. The minimum atomic E-state index is -3.55. The standard InChI is InChI=1S/C26H44N4O3S/c1-25(2,3)11-15-29(4)22-7-5-21(6-8-22)28-34(31,32)23-9-10-24(27-19-23)30-16-12-26(13-17-30)14-18-33-20-26/h9-10,19,21-22,28H,5-8,11-18,20H2,1-4H3. The molecule has 1 aromatic rings. The number of nitrogens with zero attached hydrogens (tertiary/aromatic N) is 3. The first-order valence-corrected chi connectivity index (χ1v) is 14.6. The van der Waals surface area contributed by atoms with Crippen LogP contribution in [-0.2, 0) is 14.8 Å². The van der Waals surface area contributed by atoms with Crippen molar-refractivity contribution in [3.05, 3.63) is 18.3 Å². The van der Waals surface area contributed by atoms with Gasteiger partial charge in [-0.1, -0.05) is 20.8 Å². The number of pyridine rings is 1. The summed E-state index contributed by atoms with van der Waals surface area (Å²) in [5.74, 6) is 0.867. The summed E-state index contributed by atoms with van der Waals surface area (Å²) >= 11 is 0. The lowest BCUT2D eigenvalue weighted by atomic mass is 9.78. The maximum atomic E-state index is 13.0. The van der Waals surface area contributed by atoms with E-state index in [-0.39, 0.29) is 10.9 Å². The molecule has 2 aliphatic heterocycles. The first-order chi connectivity index (χ1) is 16.1. The summed E-state index contributed by atoms with van der Waals surface area (Å²) in [5, 5.41) is 0. The lowest BCUT2D eigenvalue weighted by Gasteiger charge is -2.38. The number of hydrogen-bond donors (Lipinski definition) is 1. The lowest BCUT2D eigenvalue weighted by molar-refractivity contribution is 0.133. The molecule has 0 radical (unpaired) electrons. The van der Waals surface area contributed by atoms with Crippen LogP contribution >= 0.6 is 0 Å². The number of nitrogens with one attached hydrogen (secondary N) is 1. The molecule has 0 amide bonds. The van der Waals surface area contributed by atoms with Gasteiger partial charge in [0.2, 0.25) is 10.0 Å². The van der Waals surface area contributed by atoms with E-state index in [0.717, 1.165) is 83.6 Å². The molecule has 0 unspecified atom stereocenters. The van der Waals surface area contributed by atoms with E-state index in [1.165, 1.54) is 12.6 Å². The van der Waals surface area contributed by atoms with Gasteiger partial charge in [0.25, 0.3) is 0 Å². The minimum absolute atomic E-state index is 0.00357. The average Bonchev–Trinajstić information content (AvgIpc) is 3.26. The van der Waals surface area contributed by atoms with Crippen LogP contribution in [-0.4, -0.2) is 70.3 Å². The molecule has 2 saturated heterocycles. The van der Waals surface area contributed by atoms with Gasteiger partial charge in [0.1, 0.15) is 10.7 Å². The molecule has 7 nitrogen and oxygen atoms in total. The van der Waals surface area contributed by atoms with Gasteiger partial charge in [-0.3, -0.25) is 0 Å². The van der Waals surface area contributed by atoms with Gasteiger partial charge in [0.05, 0.1) is 6.61 Å². The van der Waals surface area contributed by atoms with E-state index in [4.69, 9.17) is 4.74 Å². The summed E-state index contributed by atoms with van der Waals surface area (Å²) in [6.07, 6.45) is 9.92. The van der Waals surface area contributed by atoms with Crippen LogP contribution in [0, 0.1) is 10.8 Å². The third kappa shape index (κ3) is 6.50. The number of piperidine rings is 1. The molecule has 1 spiro atoms. The van der Waals surface area contributed by atoms with Gasteiger partial charge < -0.3 is 14.5 Å². The number of aromatic nitrogens is 1. The Balaban J connectivity index is 1.26. The van der Waals surface area contributed by atoms with Crippen molar-refractivity contribution in [2.24, 2.45) is 10.8 Å². The van der Waals surface area contributed by atoms with Crippen LogP contribution in [0.15, 0.2) is 23.2 Å². The first-order valence-electron chi connectivity index (χ1n) is 13.1. The zero-order chi connectivity index (χ0) is 24.4. The molecule has 1 saturated carbocycles. The van der Waals surface area contributed by atoms with Crippen molar-refractivity contribution < 1.29 is 13.2 Å². The highest BCUT2D eigenvalue weighted by molar-refractivity contribution is 7.89. The van der Waals surface area contributed by atoms with Crippen molar-refractivity contribution in [2.45, 2.75) is 89.1 Å². The molecule has 4 rings (SSSR count). The first kappa shape index (κ1) is 25.9. The molecule has 0 bridgehead atoms. The third-order valence-corrected chi connectivity index (χ3v) is 9.73. The van der Waals surface area contributed by atoms with Crippen molar-refractivity contribution in [3.63, 3.8) is 0 Å². The monoisotopic (exact) mass is 492 g/mol. The third-order valence-electron chi connectivity index (χ3n) is 8.22. The molecule has 34 heavy (non-hydrogen) atoms. The average molecular weight is 493 g/mol. The molecule has 1 aromatic heterocycles. The van der Waals surface area contributed by atoms with E-state index >= 15 is 0 Å². The number of ether oxygens (including phenoxy) is 1. The number of rotatable bonds is 7. The fourth-order valence-corrected chi connectivity index (χ4v) is 6.84. The number of hydrogen-bond acceptors (Lipinski definition) is 6. The molecule has 1 aliphatic carbocycles. The highest BCUT2D eigenvalue weighted by Gasteiger charge is 2.38. The topological polar surface area (TPSA) is 74.8 Å². The van der Waals surface area contributed by atoms with Gasteiger partial charge >= 0.3 is 0 Å². The molecule has 3 fully saturated rings. The molecule has 192 valence electrons. The molecule has 8 heteroatoms. The van der Waals surface area contributed by atoms with Crippen LogP contribution in [0.1, 0.15) is 72.1 Å². The van der Waals surface area contributed by atoms with Crippen molar-refractivity contribution in [2.75, 3.05) is 44.8 Å². The van der Waals surface area contributed by atoms with E-state index in [1.54, 1.807) is 6.07 Å². The Kier molecular flexibility index (Phi) is 7.92. The van der Waals surface area contributed by atoms with E-state index in [0.29, 0.717) is 16.9 Å².